The molecule has 0 bridgehead atoms. The average Bonchev–Trinajstić information content (AvgIpc) is 2.44. The van der Waals surface area contributed by atoms with Crippen molar-refractivity contribution in [1.29, 1.82) is 0 Å². The van der Waals surface area contributed by atoms with Gasteiger partial charge in [0, 0.05) is 18.1 Å². The number of nitrogens with one attached hydrogen (secondary N) is 1. The summed E-state index contributed by atoms with van der Waals surface area (Å²) in [5.74, 6) is 0. The minimum atomic E-state index is 0.748. The highest BCUT2D eigenvalue weighted by Gasteiger charge is 2.33. The molecule has 0 aromatic heterocycles. The quantitative estimate of drug-likeness (QED) is 0.806. The molecule has 2 heteroatoms. The molecule has 2 fully saturated rings. The van der Waals surface area contributed by atoms with Gasteiger partial charge in [-0.15, -0.1) is 0 Å². The molecular formula is C18H36N2. The van der Waals surface area contributed by atoms with Crippen molar-refractivity contribution in [3.05, 3.63) is 0 Å². The predicted molar refractivity (Wildman–Crippen MR) is 88.2 cm³/mol. The molecule has 118 valence electrons. The van der Waals surface area contributed by atoms with Gasteiger partial charge in [-0.05, 0) is 45.2 Å². The topological polar surface area (TPSA) is 15.3 Å². The Kier molecular flexibility index (Phi) is 7.37. The molecule has 1 heterocycles. The zero-order valence-electron chi connectivity index (χ0n) is 13.9. The Morgan fingerprint density at radius 2 is 1.65 bits per heavy atom. The minimum Gasteiger partial charge on any atom is -0.313 e. The molecule has 2 rings (SSSR count). The Morgan fingerprint density at radius 1 is 0.900 bits per heavy atom. The maximum atomic E-state index is 3.82. The molecule has 20 heavy (non-hydrogen) atoms. The monoisotopic (exact) mass is 280 g/mol. The summed E-state index contributed by atoms with van der Waals surface area (Å²) < 4.78 is 0. The van der Waals surface area contributed by atoms with Crippen molar-refractivity contribution in [3.8, 4) is 0 Å². The third-order valence-electron chi connectivity index (χ3n) is 5.42. The zero-order valence-corrected chi connectivity index (χ0v) is 13.9. The number of hydrogen-bond acceptors (Lipinski definition) is 2. The third kappa shape index (κ3) is 4.46. The summed E-state index contributed by atoms with van der Waals surface area (Å²) in [6, 6.07) is 2.43. The van der Waals surface area contributed by atoms with Crippen LogP contribution >= 0.6 is 0 Å². The van der Waals surface area contributed by atoms with Gasteiger partial charge >= 0.3 is 0 Å². The van der Waals surface area contributed by atoms with Gasteiger partial charge in [-0.2, -0.15) is 0 Å². The van der Waals surface area contributed by atoms with Gasteiger partial charge in [-0.3, -0.25) is 4.90 Å². The van der Waals surface area contributed by atoms with E-state index in [0.29, 0.717) is 0 Å². The summed E-state index contributed by atoms with van der Waals surface area (Å²) in [6.07, 6.45) is 15.7. The van der Waals surface area contributed by atoms with E-state index in [2.05, 4.69) is 24.1 Å². The van der Waals surface area contributed by atoms with E-state index in [1.165, 1.54) is 77.2 Å². The third-order valence-corrected chi connectivity index (χ3v) is 5.42. The van der Waals surface area contributed by atoms with Gasteiger partial charge in [0.05, 0.1) is 0 Å². The van der Waals surface area contributed by atoms with E-state index in [1.807, 2.05) is 0 Å². The van der Waals surface area contributed by atoms with E-state index >= 15 is 0 Å². The fraction of sp³-hybridized carbons (Fsp3) is 1.00. The number of likely N-dealkylation sites (N-methyl/N-ethyl adjacent to an activating group) is 1. The van der Waals surface area contributed by atoms with E-state index in [0.717, 1.165) is 24.7 Å². The molecule has 0 radical (unpaired) electrons. The maximum Gasteiger partial charge on any atom is 0.0252 e. The second kappa shape index (κ2) is 9.04. The first-order chi connectivity index (χ1) is 9.86. The minimum absolute atomic E-state index is 0.748. The number of piperidine rings is 1. The predicted octanol–water partition coefficient (Wildman–Crippen LogP) is 4.34. The van der Waals surface area contributed by atoms with Crippen molar-refractivity contribution in [2.45, 2.75) is 103 Å². The molecule has 0 aromatic rings. The molecule has 1 saturated heterocycles. The summed E-state index contributed by atoms with van der Waals surface area (Å²) in [5.41, 5.74) is 0. The Morgan fingerprint density at radius 3 is 2.40 bits per heavy atom. The van der Waals surface area contributed by atoms with Crippen LogP contribution in [0.4, 0.5) is 0 Å². The van der Waals surface area contributed by atoms with Crippen molar-refractivity contribution in [2.75, 3.05) is 13.1 Å². The molecule has 1 aliphatic carbocycles. The molecule has 0 spiro atoms. The first-order valence-electron chi connectivity index (χ1n) is 9.36. The largest absolute Gasteiger partial charge is 0.313 e. The van der Waals surface area contributed by atoms with Crippen LogP contribution in [-0.4, -0.2) is 36.1 Å². The molecule has 2 aliphatic rings. The Hall–Kier alpha value is -0.0800. The van der Waals surface area contributed by atoms with Crippen molar-refractivity contribution in [3.63, 3.8) is 0 Å². The summed E-state index contributed by atoms with van der Waals surface area (Å²) >= 11 is 0. The molecule has 3 atom stereocenters. The molecule has 3 unspecified atom stereocenters. The number of rotatable bonds is 5. The summed E-state index contributed by atoms with van der Waals surface area (Å²) in [6.45, 7) is 7.12. The van der Waals surface area contributed by atoms with Gasteiger partial charge in [0.2, 0.25) is 0 Å². The highest BCUT2D eigenvalue weighted by Crippen LogP contribution is 2.29. The molecule has 1 aliphatic heterocycles. The second-order valence-corrected chi connectivity index (χ2v) is 6.90. The van der Waals surface area contributed by atoms with Crippen molar-refractivity contribution < 1.29 is 0 Å². The Bertz CT molecular complexity index is 252. The van der Waals surface area contributed by atoms with Crippen molar-refractivity contribution in [2.24, 2.45) is 0 Å². The van der Waals surface area contributed by atoms with Gasteiger partial charge in [0.25, 0.3) is 0 Å². The van der Waals surface area contributed by atoms with E-state index in [1.54, 1.807) is 0 Å². The summed E-state index contributed by atoms with van der Waals surface area (Å²) in [7, 11) is 0. The molecule has 0 aromatic carbocycles. The lowest BCUT2D eigenvalue weighted by Gasteiger charge is -2.45. The van der Waals surface area contributed by atoms with Crippen LogP contribution in [0.3, 0.4) is 0 Å². The lowest BCUT2D eigenvalue weighted by molar-refractivity contribution is 0.0550. The standard InChI is InChI=1S/C18H36N2/c1-3-11-16-12-9-10-15-20(16)18-14-8-6-5-7-13-17(18)19-4-2/h16-19H,3-15H2,1-2H3. The summed E-state index contributed by atoms with van der Waals surface area (Å²) in [5, 5.41) is 3.82. The summed E-state index contributed by atoms with van der Waals surface area (Å²) in [4.78, 5) is 2.92. The second-order valence-electron chi connectivity index (χ2n) is 6.90. The van der Waals surface area contributed by atoms with E-state index in [9.17, 15) is 0 Å². The first-order valence-corrected chi connectivity index (χ1v) is 9.36. The van der Waals surface area contributed by atoms with Gasteiger partial charge in [0.1, 0.15) is 0 Å². The normalized spacial score (nSPS) is 33.6. The van der Waals surface area contributed by atoms with Crippen molar-refractivity contribution >= 4 is 0 Å². The zero-order chi connectivity index (χ0) is 14.2. The average molecular weight is 280 g/mol. The maximum absolute atomic E-state index is 3.82. The van der Waals surface area contributed by atoms with Gasteiger partial charge in [-0.1, -0.05) is 52.4 Å². The van der Waals surface area contributed by atoms with Gasteiger partial charge < -0.3 is 5.32 Å². The highest BCUT2D eigenvalue weighted by molar-refractivity contribution is 4.90. The smallest absolute Gasteiger partial charge is 0.0252 e. The van der Waals surface area contributed by atoms with Crippen LogP contribution in [0.1, 0.15) is 84.5 Å². The van der Waals surface area contributed by atoms with Crippen LogP contribution in [0.2, 0.25) is 0 Å². The number of nitrogens with zero attached hydrogens (tertiary/aromatic N) is 1. The highest BCUT2D eigenvalue weighted by atomic mass is 15.2. The fourth-order valence-electron chi connectivity index (χ4n) is 4.46. The van der Waals surface area contributed by atoms with E-state index in [4.69, 9.17) is 0 Å². The molecule has 1 N–H and O–H groups in total. The van der Waals surface area contributed by atoms with Crippen molar-refractivity contribution in [1.82, 2.24) is 10.2 Å². The molecule has 1 saturated carbocycles. The van der Waals surface area contributed by atoms with Gasteiger partial charge in [-0.25, -0.2) is 0 Å². The molecule has 0 amide bonds. The van der Waals surface area contributed by atoms with Crippen LogP contribution in [0.25, 0.3) is 0 Å². The molecule has 2 nitrogen and oxygen atoms in total. The van der Waals surface area contributed by atoms with Crippen LogP contribution in [0.15, 0.2) is 0 Å². The number of hydrogen-bond donors (Lipinski definition) is 1. The first kappa shape index (κ1) is 16.3. The van der Waals surface area contributed by atoms with Crippen LogP contribution < -0.4 is 5.32 Å². The van der Waals surface area contributed by atoms with Crippen LogP contribution in [0.5, 0.6) is 0 Å². The SMILES string of the molecule is CCCC1CCCCN1C1CCCCCCC1NCC. The molecular weight excluding hydrogens is 244 g/mol. The van der Waals surface area contributed by atoms with E-state index in [-0.39, 0.29) is 0 Å². The Labute approximate surface area is 126 Å². The fourth-order valence-corrected chi connectivity index (χ4v) is 4.46. The Balaban J connectivity index is 2.05. The van der Waals surface area contributed by atoms with Crippen LogP contribution in [0, 0.1) is 0 Å². The lowest BCUT2D eigenvalue weighted by Crippen LogP contribution is -2.55. The van der Waals surface area contributed by atoms with Crippen LogP contribution in [-0.2, 0) is 0 Å². The lowest BCUT2D eigenvalue weighted by atomic mass is 9.87. The number of likely N-dealkylation sites (tertiary alicyclic amines) is 1. The van der Waals surface area contributed by atoms with Gasteiger partial charge in [0.15, 0.2) is 0 Å². The van der Waals surface area contributed by atoms with E-state index < -0.39 is 0 Å².